The molecule has 5 heteroatoms. The number of anilines is 1. The number of nitrogens with zero attached hydrogens (tertiary/aromatic N) is 1. The summed E-state index contributed by atoms with van der Waals surface area (Å²) in [7, 11) is 0. The first-order valence-corrected chi connectivity index (χ1v) is 4.64. The molecular formula is C10H8ClFN2O. The molecule has 15 heavy (non-hydrogen) atoms. The van der Waals surface area contributed by atoms with Gasteiger partial charge in [-0.3, -0.25) is 0 Å². The highest BCUT2D eigenvalue weighted by molar-refractivity contribution is 6.31. The second kappa shape index (κ2) is 3.55. The van der Waals surface area contributed by atoms with Crippen LogP contribution >= 0.6 is 11.6 Å². The summed E-state index contributed by atoms with van der Waals surface area (Å²) in [5.41, 5.74) is 6.66. The SMILES string of the molecule is Cc1oc(N)nc1-c1ccc(F)c(Cl)c1. The van der Waals surface area contributed by atoms with E-state index in [4.69, 9.17) is 21.8 Å². The summed E-state index contributed by atoms with van der Waals surface area (Å²) in [6.07, 6.45) is 0. The maximum Gasteiger partial charge on any atom is 0.292 e. The van der Waals surface area contributed by atoms with Gasteiger partial charge in [0.05, 0.1) is 5.02 Å². The van der Waals surface area contributed by atoms with Gasteiger partial charge in [0, 0.05) is 5.56 Å². The molecule has 2 aromatic rings. The van der Waals surface area contributed by atoms with Crippen LogP contribution in [-0.4, -0.2) is 4.98 Å². The summed E-state index contributed by atoms with van der Waals surface area (Å²) >= 11 is 5.66. The Morgan fingerprint density at radius 1 is 1.47 bits per heavy atom. The van der Waals surface area contributed by atoms with Gasteiger partial charge >= 0.3 is 0 Å². The van der Waals surface area contributed by atoms with Crippen molar-refractivity contribution in [3.8, 4) is 11.3 Å². The van der Waals surface area contributed by atoms with E-state index in [1.165, 1.54) is 12.1 Å². The van der Waals surface area contributed by atoms with E-state index in [1.54, 1.807) is 13.0 Å². The predicted octanol–water partition coefficient (Wildman–Crippen LogP) is 3.02. The minimum absolute atomic E-state index is 0.0495. The first-order chi connectivity index (χ1) is 7.08. The summed E-state index contributed by atoms with van der Waals surface area (Å²) in [6, 6.07) is 4.43. The fraction of sp³-hybridized carbons (Fsp3) is 0.100. The molecule has 0 atom stereocenters. The van der Waals surface area contributed by atoms with Gasteiger partial charge < -0.3 is 10.2 Å². The van der Waals surface area contributed by atoms with Gasteiger partial charge in [0.25, 0.3) is 6.01 Å². The van der Waals surface area contributed by atoms with E-state index >= 15 is 0 Å². The first-order valence-electron chi connectivity index (χ1n) is 4.26. The Morgan fingerprint density at radius 3 is 2.73 bits per heavy atom. The van der Waals surface area contributed by atoms with Gasteiger partial charge in [0.2, 0.25) is 0 Å². The maximum absolute atomic E-state index is 12.9. The normalized spacial score (nSPS) is 10.6. The Morgan fingerprint density at radius 2 is 2.20 bits per heavy atom. The molecule has 0 aliphatic carbocycles. The number of aryl methyl sites for hydroxylation is 1. The average Bonchev–Trinajstić information content (AvgIpc) is 2.50. The van der Waals surface area contributed by atoms with Gasteiger partial charge in [-0.05, 0) is 25.1 Å². The Labute approximate surface area is 90.7 Å². The third-order valence-electron chi connectivity index (χ3n) is 2.01. The molecule has 0 spiro atoms. The van der Waals surface area contributed by atoms with Gasteiger partial charge in [-0.2, -0.15) is 4.98 Å². The first kappa shape index (κ1) is 9.98. The van der Waals surface area contributed by atoms with Crippen LogP contribution in [0.25, 0.3) is 11.3 Å². The number of nitrogens with two attached hydrogens (primary N) is 1. The zero-order chi connectivity index (χ0) is 11.0. The molecule has 0 bridgehead atoms. The predicted molar refractivity (Wildman–Crippen MR) is 56.1 cm³/mol. The minimum Gasteiger partial charge on any atom is -0.429 e. The fourth-order valence-corrected chi connectivity index (χ4v) is 1.51. The number of hydrogen-bond donors (Lipinski definition) is 1. The van der Waals surface area contributed by atoms with Gasteiger partial charge in [0.15, 0.2) is 0 Å². The molecule has 0 aliphatic heterocycles. The summed E-state index contributed by atoms with van der Waals surface area (Å²) in [4.78, 5) is 3.98. The largest absolute Gasteiger partial charge is 0.429 e. The monoisotopic (exact) mass is 226 g/mol. The number of aromatic nitrogens is 1. The Kier molecular flexibility index (Phi) is 2.36. The average molecular weight is 227 g/mol. The van der Waals surface area contributed by atoms with Crippen molar-refractivity contribution in [2.75, 3.05) is 5.73 Å². The summed E-state index contributed by atoms with van der Waals surface area (Å²) < 4.78 is 18.0. The Hall–Kier alpha value is -1.55. The highest BCUT2D eigenvalue weighted by Gasteiger charge is 2.11. The van der Waals surface area contributed by atoms with Crippen molar-refractivity contribution in [3.05, 3.63) is 34.8 Å². The van der Waals surface area contributed by atoms with Crippen molar-refractivity contribution in [1.82, 2.24) is 4.98 Å². The number of halogens is 2. The highest BCUT2D eigenvalue weighted by atomic mass is 35.5. The van der Waals surface area contributed by atoms with Gasteiger partial charge in [-0.25, -0.2) is 4.39 Å². The van der Waals surface area contributed by atoms with Crippen LogP contribution in [0.15, 0.2) is 22.6 Å². The fourth-order valence-electron chi connectivity index (χ4n) is 1.33. The van der Waals surface area contributed by atoms with Crippen LogP contribution in [0.3, 0.4) is 0 Å². The zero-order valence-electron chi connectivity index (χ0n) is 7.92. The molecule has 0 fully saturated rings. The lowest BCUT2D eigenvalue weighted by molar-refractivity contribution is 0.548. The standard InChI is InChI=1S/C10H8ClFN2O/c1-5-9(14-10(13)15-5)6-2-3-8(12)7(11)4-6/h2-4H,1H3,(H2,13,14). The van der Waals surface area contributed by atoms with E-state index in [0.29, 0.717) is 17.0 Å². The highest BCUT2D eigenvalue weighted by Crippen LogP contribution is 2.27. The molecular weight excluding hydrogens is 219 g/mol. The number of oxazole rings is 1. The third kappa shape index (κ3) is 1.80. The van der Waals surface area contributed by atoms with Crippen molar-refractivity contribution < 1.29 is 8.81 Å². The van der Waals surface area contributed by atoms with E-state index in [0.717, 1.165) is 0 Å². The van der Waals surface area contributed by atoms with E-state index in [9.17, 15) is 4.39 Å². The smallest absolute Gasteiger partial charge is 0.292 e. The molecule has 0 saturated carbocycles. The van der Waals surface area contributed by atoms with Crippen molar-refractivity contribution in [2.45, 2.75) is 6.92 Å². The van der Waals surface area contributed by atoms with Crippen LogP contribution in [0.5, 0.6) is 0 Å². The Balaban J connectivity index is 2.54. The van der Waals surface area contributed by atoms with Crippen LogP contribution < -0.4 is 5.73 Å². The molecule has 3 nitrogen and oxygen atoms in total. The van der Waals surface area contributed by atoms with Crippen LogP contribution in [0.2, 0.25) is 5.02 Å². The lowest BCUT2D eigenvalue weighted by Gasteiger charge is -1.99. The molecule has 78 valence electrons. The molecule has 2 N–H and O–H groups in total. The van der Waals surface area contributed by atoms with E-state index in [2.05, 4.69) is 4.98 Å². The van der Waals surface area contributed by atoms with Crippen molar-refractivity contribution >= 4 is 17.6 Å². The van der Waals surface area contributed by atoms with Crippen LogP contribution in [0.1, 0.15) is 5.76 Å². The molecule has 2 rings (SSSR count). The van der Waals surface area contributed by atoms with Crippen LogP contribution in [0, 0.1) is 12.7 Å². The summed E-state index contributed by atoms with van der Waals surface area (Å²) in [5.74, 6) is 0.115. The van der Waals surface area contributed by atoms with Crippen molar-refractivity contribution in [3.63, 3.8) is 0 Å². The molecule has 0 amide bonds. The summed E-state index contributed by atoms with van der Waals surface area (Å²) in [6.45, 7) is 1.73. The number of nitrogen functional groups attached to an aromatic ring is 1. The van der Waals surface area contributed by atoms with Crippen molar-refractivity contribution in [1.29, 1.82) is 0 Å². The lowest BCUT2D eigenvalue weighted by atomic mass is 10.1. The van der Waals surface area contributed by atoms with Gasteiger partial charge in [0.1, 0.15) is 17.3 Å². The second-order valence-corrected chi connectivity index (χ2v) is 3.49. The number of benzene rings is 1. The second-order valence-electron chi connectivity index (χ2n) is 3.09. The molecule has 1 aromatic heterocycles. The molecule has 1 aromatic carbocycles. The van der Waals surface area contributed by atoms with Crippen LogP contribution in [0.4, 0.5) is 10.4 Å². The lowest BCUT2D eigenvalue weighted by Crippen LogP contribution is -1.85. The summed E-state index contributed by atoms with van der Waals surface area (Å²) in [5, 5.41) is 0.0495. The molecule has 0 radical (unpaired) electrons. The van der Waals surface area contributed by atoms with E-state index in [-0.39, 0.29) is 11.0 Å². The van der Waals surface area contributed by atoms with Crippen molar-refractivity contribution in [2.24, 2.45) is 0 Å². The third-order valence-corrected chi connectivity index (χ3v) is 2.30. The quantitative estimate of drug-likeness (QED) is 0.813. The minimum atomic E-state index is -0.463. The zero-order valence-corrected chi connectivity index (χ0v) is 8.68. The molecule has 0 unspecified atom stereocenters. The topological polar surface area (TPSA) is 52.0 Å². The van der Waals surface area contributed by atoms with Gasteiger partial charge in [-0.15, -0.1) is 0 Å². The maximum atomic E-state index is 12.9. The van der Waals surface area contributed by atoms with E-state index < -0.39 is 5.82 Å². The van der Waals surface area contributed by atoms with Crippen LogP contribution in [-0.2, 0) is 0 Å². The molecule has 1 heterocycles. The Bertz CT molecular complexity index is 510. The molecule has 0 saturated heterocycles. The molecule has 0 aliphatic rings. The number of rotatable bonds is 1. The van der Waals surface area contributed by atoms with E-state index in [1.807, 2.05) is 0 Å². The number of hydrogen-bond acceptors (Lipinski definition) is 3. The van der Waals surface area contributed by atoms with Gasteiger partial charge in [-0.1, -0.05) is 11.6 Å².